The van der Waals surface area contributed by atoms with Gasteiger partial charge in [0.05, 0.1) is 0 Å². The van der Waals surface area contributed by atoms with Gasteiger partial charge in [-0.1, -0.05) is 39.3 Å². The van der Waals surface area contributed by atoms with Gasteiger partial charge in [0.1, 0.15) is 12.5 Å². The summed E-state index contributed by atoms with van der Waals surface area (Å²) in [6.07, 6.45) is 3.87. The van der Waals surface area contributed by atoms with Crippen LogP contribution < -0.4 is 5.32 Å². The van der Waals surface area contributed by atoms with E-state index in [0.717, 1.165) is 25.7 Å². The quantitative estimate of drug-likeness (QED) is 0.510. The smallest absolute Gasteiger partial charge is 0.224 e. The van der Waals surface area contributed by atoms with Crippen LogP contribution in [-0.2, 0) is 9.53 Å². The Morgan fingerprint density at radius 2 is 1.95 bits per heavy atom. The van der Waals surface area contributed by atoms with Gasteiger partial charge in [0.15, 0.2) is 0 Å². The first kappa shape index (κ1) is 18.5. The lowest BCUT2D eigenvalue weighted by atomic mass is 9.87. The second-order valence-corrected chi connectivity index (χ2v) is 5.78. The molecule has 124 valence electrons. The highest BCUT2D eigenvalue weighted by molar-refractivity contribution is 5.78. The number of nitrogens with one attached hydrogen (secondary N) is 1. The molecule has 2 atom stereocenters. The van der Waals surface area contributed by atoms with Crippen LogP contribution >= 0.6 is 0 Å². The van der Waals surface area contributed by atoms with Crippen LogP contribution in [-0.4, -0.2) is 24.4 Å². The molecule has 2 unspecified atom stereocenters. The van der Waals surface area contributed by atoms with Gasteiger partial charge in [-0.2, -0.15) is 0 Å². The fourth-order valence-corrected chi connectivity index (χ4v) is 2.43. The summed E-state index contributed by atoms with van der Waals surface area (Å²) in [4.78, 5) is 12.1. The van der Waals surface area contributed by atoms with Gasteiger partial charge >= 0.3 is 0 Å². The van der Waals surface area contributed by atoms with Crippen LogP contribution in [0, 0.1) is 5.92 Å². The van der Waals surface area contributed by atoms with E-state index in [2.05, 4.69) is 19.2 Å². The van der Waals surface area contributed by atoms with Crippen molar-refractivity contribution in [2.24, 2.45) is 5.92 Å². The van der Waals surface area contributed by atoms with Crippen LogP contribution in [0.3, 0.4) is 0 Å². The number of rotatable bonds is 10. The molecule has 0 radical (unpaired) electrons. The minimum absolute atomic E-state index is 0.0359. The van der Waals surface area contributed by atoms with E-state index in [0.29, 0.717) is 19.3 Å². The highest BCUT2D eigenvalue weighted by Crippen LogP contribution is 2.28. The maximum Gasteiger partial charge on any atom is 0.224 e. The SMILES string of the molecule is CCCCOCNC(=O)C(C)CC(CC)c1ccc(O)cc1. The van der Waals surface area contributed by atoms with Gasteiger partial charge in [-0.15, -0.1) is 0 Å². The molecule has 4 heteroatoms. The minimum atomic E-state index is -0.0615. The number of amides is 1. The molecule has 1 aromatic carbocycles. The molecule has 2 N–H and O–H groups in total. The van der Waals surface area contributed by atoms with Crippen LogP contribution in [0.2, 0.25) is 0 Å². The average molecular weight is 307 g/mol. The monoisotopic (exact) mass is 307 g/mol. The second-order valence-electron chi connectivity index (χ2n) is 5.78. The number of carbonyl (C=O) groups excluding carboxylic acids is 1. The Kier molecular flexibility index (Phi) is 8.60. The van der Waals surface area contributed by atoms with E-state index < -0.39 is 0 Å². The highest BCUT2D eigenvalue weighted by atomic mass is 16.5. The first-order chi connectivity index (χ1) is 10.6. The Labute approximate surface area is 133 Å². The van der Waals surface area contributed by atoms with E-state index in [1.54, 1.807) is 12.1 Å². The van der Waals surface area contributed by atoms with Crippen molar-refractivity contribution < 1.29 is 14.6 Å². The van der Waals surface area contributed by atoms with Gasteiger partial charge in [-0.05, 0) is 42.9 Å². The van der Waals surface area contributed by atoms with Crippen LogP contribution in [0.15, 0.2) is 24.3 Å². The van der Waals surface area contributed by atoms with Crippen LogP contribution in [0.4, 0.5) is 0 Å². The molecule has 0 heterocycles. The van der Waals surface area contributed by atoms with Gasteiger partial charge in [-0.3, -0.25) is 4.79 Å². The molecule has 0 aromatic heterocycles. The molecule has 0 aliphatic heterocycles. The zero-order valence-corrected chi connectivity index (χ0v) is 14.0. The van der Waals surface area contributed by atoms with Gasteiger partial charge in [0.2, 0.25) is 5.91 Å². The number of phenols is 1. The summed E-state index contributed by atoms with van der Waals surface area (Å²) in [5.41, 5.74) is 1.17. The average Bonchev–Trinajstić information content (AvgIpc) is 2.53. The number of hydrogen-bond donors (Lipinski definition) is 2. The van der Waals surface area contributed by atoms with E-state index in [1.807, 2.05) is 19.1 Å². The van der Waals surface area contributed by atoms with Gasteiger partial charge in [0.25, 0.3) is 0 Å². The lowest BCUT2D eigenvalue weighted by Crippen LogP contribution is -2.32. The fourth-order valence-electron chi connectivity index (χ4n) is 2.43. The van der Waals surface area contributed by atoms with E-state index in [1.165, 1.54) is 5.56 Å². The molecule has 0 saturated carbocycles. The Morgan fingerprint density at radius 1 is 1.27 bits per heavy atom. The summed E-state index contributed by atoms with van der Waals surface area (Å²) in [6.45, 7) is 7.16. The first-order valence-corrected chi connectivity index (χ1v) is 8.22. The van der Waals surface area contributed by atoms with Crippen molar-refractivity contribution in [3.8, 4) is 5.75 Å². The topological polar surface area (TPSA) is 58.6 Å². The molecule has 1 amide bonds. The van der Waals surface area contributed by atoms with Crippen molar-refractivity contribution in [3.05, 3.63) is 29.8 Å². The normalized spacial score (nSPS) is 13.6. The van der Waals surface area contributed by atoms with Gasteiger partial charge in [-0.25, -0.2) is 0 Å². The summed E-state index contributed by atoms with van der Waals surface area (Å²) < 4.78 is 5.36. The molecule has 0 fully saturated rings. The number of benzene rings is 1. The molecule has 22 heavy (non-hydrogen) atoms. The summed E-state index contributed by atoms with van der Waals surface area (Å²) in [5, 5.41) is 12.2. The number of unbranched alkanes of at least 4 members (excludes halogenated alkanes) is 1. The standard InChI is InChI=1S/C18H29NO3/c1-4-6-11-22-13-19-18(21)14(3)12-15(5-2)16-7-9-17(20)10-8-16/h7-10,14-15,20H,4-6,11-13H2,1-3H3,(H,19,21). The van der Waals surface area contributed by atoms with E-state index in [-0.39, 0.29) is 17.6 Å². The van der Waals surface area contributed by atoms with Crippen LogP contribution in [0.5, 0.6) is 5.75 Å². The Balaban J connectivity index is 2.41. The van der Waals surface area contributed by atoms with Crippen LogP contribution in [0.25, 0.3) is 0 Å². The molecule has 0 aliphatic rings. The van der Waals surface area contributed by atoms with E-state index in [4.69, 9.17) is 4.74 Å². The third-order valence-corrected chi connectivity index (χ3v) is 3.93. The summed E-state index contributed by atoms with van der Waals surface area (Å²) in [7, 11) is 0. The first-order valence-electron chi connectivity index (χ1n) is 8.22. The van der Waals surface area contributed by atoms with Gasteiger partial charge < -0.3 is 15.2 Å². The third kappa shape index (κ3) is 6.48. The molecule has 0 aliphatic carbocycles. The van der Waals surface area contributed by atoms with Crippen molar-refractivity contribution in [2.45, 2.75) is 52.4 Å². The van der Waals surface area contributed by atoms with Gasteiger partial charge in [0, 0.05) is 12.5 Å². The Hall–Kier alpha value is -1.55. The molecule has 1 rings (SSSR count). The Morgan fingerprint density at radius 3 is 2.55 bits per heavy atom. The summed E-state index contributed by atoms with van der Waals surface area (Å²) in [5.74, 6) is 0.568. The van der Waals surface area contributed by atoms with Crippen LogP contribution in [0.1, 0.15) is 57.9 Å². The zero-order valence-electron chi connectivity index (χ0n) is 14.0. The molecule has 4 nitrogen and oxygen atoms in total. The number of ether oxygens (including phenoxy) is 1. The van der Waals surface area contributed by atoms with Crippen molar-refractivity contribution >= 4 is 5.91 Å². The van der Waals surface area contributed by atoms with E-state index >= 15 is 0 Å². The number of carbonyl (C=O) groups is 1. The van der Waals surface area contributed by atoms with Crippen molar-refractivity contribution in [2.75, 3.05) is 13.3 Å². The maximum absolute atomic E-state index is 12.1. The highest BCUT2D eigenvalue weighted by Gasteiger charge is 2.19. The molecule has 0 bridgehead atoms. The minimum Gasteiger partial charge on any atom is -0.508 e. The number of phenolic OH excluding ortho intramolecular Hbond substituents is 1. The Bertz CT molecular complexity index is 430. The number of hydrogen-bond acceptors (Lipinski definition) is 3. The lowest BCUT2D eigenvalue weighted by molar-refractivity contribution is -0.126. The largest absolute Gasteiger partial charge is 0.508 e. The molecule has 0 saturated heterocycles. The van der Waals surface area contributed by atoms with Crippen molar-refractivity contribution in [3.63, 3.8) is 0 Å². The predicted molar refractivity (Wildman–Crippen MR) is 88.8 cm³/mol. The zero-order chi connectivity index (χ0) is 16.4. The van der Waals surface area contributed by atoms with Crippen molar-refractivity contribution in [1.82, 2.24) is 5.32 Å². The second kappa shape index (κ2) is 10.2. The fraction of sp³-hybridized carbons (Fsp3) is 0.611. The maximum atomic E-state index is 12.1. The molecular weight excluding hydrogens is 278 g/mol. The van der Waals surface area contributed by atoms with Crippen molar-refractivity contribution in [1.29, 1.82) is 0 Å². The number of aromatic hydroxyl groups is 1. The molecule has 1 aromatic rings. The lowest BCUT2D eigenvalue weighted by Gasteiger charge is -2.20. The molecule has 0 spiro atoms. The predicted octanol–water partition coefficient (Wildman–Crippen LogP) is 3.80. The summed E-state index contributed by atoms with van der Waals surface area (Å²) >= 11 is 0. The summed E-state index contributed by atoms with van der Waals surface area (Å²) in [6, 6.07) is 7.26. The molecular formula is C18H29NO3. The van der Waals surface area contributed by atoms with E-state index in [9.17, 15) is 9.90 Å². The third-order valence-electron chi connectivity index (χ3n) is 3.93.